The van der Waals surface area contributed by atoms with Gasteiger partial charge in [0.25, 0.3) is 0 Å². The van der Waals surface area contributed by atoms with Gasteiger partial charge in [-0.25, -0.2) is 52.4 Å². The molecule has 13 aromatic rings. The third kappa shape index (κ3) is 16.5. The van der Waals surface area contributed by atoms with Gasteiger partial charge in [0.1, 0.15) is 58.7 Å². The summed E-state index contributed by atoms with van der Waals surface area (Å²) >= 11 is 0. The molecule has 5 atom stereocenters. The zero-order valence-corrected chi connectivity index (χ0v) is 81.6. The van der Waals surface area contributed by atoms with Gasteiger partial charge < -0.3 is 102 Å². The molecule has 4 saturated carbocycles. The first kappa shape index (κ1) is 92.0. The average molecular weight is 1950 g/mol. The Hall–Kier alpha value is -14.5. The average Bonchev–Trinajstić information content (AvgIpc) is 1.69. The number of nitrogens with two attached hydrogens (primary N) is 4. The highest BCUT2D eigenvalue weighted by Gasteiger charge is 2.59. The molecule has 14 aliphatic rings. The number of anilines is 10. The van der Waals surface area contributed by atoms with Crippen molar-refractivity contribution in [3.63, 3.8) is 0 Å². The second-order valence-corrected chi connectivity index (χ2v) is 42.7. The number of nitrogens with zero attached hydrogens (tertiary/aromatic N) is 22. The van der Waals surface area contributed by atoms with Gasteiger partial charge in [0.15, 0.2) is 35.0 Å². The number of ether oxygens (including phenoxy) is 5. The van der Waals surface area contributed by atoms with Crippen molar-refractivity contribution in [1.82, 2.24) is 74.8 Å². The first-order chi connectivity index (χ1) is 69.4. The van der Waals surface area contributed by atoms with E-state index in [1.54, 1.807) is 114 Å². The molecule has 15 heterocycles. The summed E-state index contributed by atoms with van der Waals surface area (Å²) in [5.41, 5.74) is 44.8. The molecule has 40 heteroatoms. The van der Waals surface area contributed by atoms with Crippen LogP contribution in [0.5, 0.6) is 47.0 Å². The van der Waals surface area contributed by atoms with Crippen LogP contribution in [0.1, 0.15) is 130 Å². The molecule has 144 heavy (non-hydrogen) atoms. The van der Waals surface area contributed by atoms with Crippen LogP contribution in [0, 0.1) is 61.0 Å². The third-order valence-corrected chi connectivity index (χ3v) is 31.6. The molecule has 0 amide bonds. The fourth-order valence-electron chi connectivity index (χ4n) is 23.4. The lowest BCUT2D eigenvalue weighted by molar-refractivity contribution is -0.577. The fraction of sp³-hybridized carbons (Fsp3) is 0.423. The van der Waals surface area contributed by atoms with Gasteiger partial charge in [0.05, 0.1) is 72.2 Å². The molecule has 4 aromatic carbocycles. The Morgan fingerprint density at radius 1 is 0.396 bits per heavy atom. The Kier molecular flexibility index (Phi) is 22.1. The molecule has 36 nitrogen and oxygen atoms in total. The Balaban J connectivity index is 0.000000103. The zero-order chi connectivity index (χ0) is 99.1. The summed E-state index contributed by atoms with van der Waals surface area (Å²) in [6.45, 7) is 19.3. The number of nitrogens with one attached hydrogen (secondary N) is 4. The van der Waals surface area contributed by atoms with E-state index in [9.17, 15) is 22.8 Å². The summed E-state index contributed by atoms with van der Waals surface area (Å²) in [7, 11) is 8.78. The van der Waals surface area contributed by atoms with Crippen LogP contribution < -0.4 is 97.3 Å². The predicted octanol–water partition coefficient (Wildman–Crippen LogP) is 13.2. The van der Waals surface area contributed by atoms with Crippen molar-refractivity contribution in [2.24, 2.45) is 55.4 Å². The maximum absolute atomic E-state index is 14.6. The molecule has 0 bridgehead atoms. The number of aromatic nitrogens is 16. The van der Waals surface area contributed by atoms with Gasteiger partial charge in [-0.3, -0.25) is 0 Å². The highest BCUT2D eigenvalue weighted by molar-refractivity contribution is 5.93. The Labute approximate surface area is 828 Å². The van der Waals surface area contributed by atoms with Crippen LogP contribution in [0.4, 0.5) is 75.5 Å². The molecule has 27 rings (SSSR count). The second kappa shape index (κ2) is 34.7. The third-order valence-electron chi connectivity index (χ3n) is 31.6. The Bertz CT molecular complexity index is 7330. The lowest BCUT2D eigenvalue weighted by Crippen LogP contribution is -2.69. The Morgan fingerprint density at radius 3 is 1.08 bits per heavy atom. The van der Waals surface area contributed by atoms with Crippen LogP contribution in [-0.4, -0.2) is 213 Å². The van der Waals surface area contributed by atoms with Crippen molar-refractivity contribution in [3.05, 3.63) is 196 Å². The normalized spacial score (nSPS) is 21.3. The summed E-state index contributed by atoms with van der Waals surface area (Å²) in [5, 5.41) is 24.7. The van der Waals surface area contributed by atoms with E-state index in [-0.39, 0.29) is 98.6 Å². The van der Waals surface area contributed by atoms with Crippen LogP contribution in [0.3, 0.4) is 0 Å². The molecule has 4 spiro atoms. The zero-order valence-electron chi connectivity index (χ0n) is 81.6. The molecule has 6 aliphatic heterocycles. The van der Waals surface area contributed by atoms with E-state index in [2.05, 4.69) is 113 Å². The lowest BCUT2D eigenvalue weighted by Gasteiger charge is -2.60. The molecule has 9 aromatic heterocycles. The van der Waals surface area contributed by atoms with Crippen molar-refractivity contribution in [1.29, 1.82) is 0 Å². The molecule has 742 valence electrons. The summed E-state index contributed by atoms with van der Waals surface area (Å²) < 4.78 is 88.2. The quantitative estimate of drug-likeness (QED) is 0.0200. The van der Waals surface area contributed by atoms with Crippen molar-refractivity contribution in [2.75, 3.05) is 165 Å². The minimum Gasteiger partial charge on any atom is -0.618 e. The number of hydrogen-bond acceptors (Lipinski definition) is 35. The number of rotatable bonds is 20. The number of halogens is 4. The van der Waals surface area contributed by atoms with Gasteiger partial charge in [0, 0.05) is 236 Å². The van der Waals surface area contributed by atoms with Crippen LogP contribution in [0.15, 0.2) is 116 Å². The molecular weight excluding hydrogens is 1840 g/mol. The SMILES string of the molecule is CNc1cc(F)cc2c1Cc1nc(Oc3cnc(COC)nc3)nc(N3CC(N)C4(CC4)C3)c1-2.CNc1cc(F)cc2c1Cc1nc(Oc3cnc(N4CC(C)(C)C4)nc3)nc(N3CCC4(C[C@H]4N)C3)c1-2.CNc1cc(F)cc2c1Cc1nc(Oc3cnc(N4CC(C)(C)C4)nc3)nc(N3C[C@H](N)C4(CC4)C3)c1-2.CNc1cc(F)cc2c1Cc1nc(Oc3cnc4ccc[n+]([O-])c4c3)nc(N3CC4(CC[C@H]4N)C3)c1-2. The maximum atomic E-state index is 14.6. The monoisotopic (exact) mass is 1950 g/mol. The van der Waals surface area contributed by atoms with Gasteiger partial charge in [-0.2, -0.15) is 44.6 Å². The smallest absolute Gasteiger partial charge is 0.324 e. The molecule has 10 fully saturated rings. The minimum absolute atomic E-state index is 0.0884. The number of methoxy groups -OCH3 is 1. The van der Waals surface area contributed by atoms with Gasteiger partial charge >= 0.3 is 24.0 Å². The lowest BCUT2D eigenvalue weighted by atomic mass is 9.60. The van der Waals surface area contributed by atoms with E-state index >= 15 is 0 Å². The van der Waals surface area contributed by atoms with Crippen LogP contribution >= 0.6 is 0 Å². The summed E-state index contributed by atoms with van der Waals surface area (Å²) in [5.74, 6) is 5.51. The number of fused-ring (bicyclic) bond motifs is 13. The van der Waals surface area contributed by atoms with Crippen LogP contribution in [-0.2, 0) is 37.0 Å². The standard InChI is InChI=1S/2C27H31FN8O.C26H24FN7O2.C24H26FN7O2/c1-26(2)12-36(13-26)24-31-10-16(11-32-24)37-25-33-20-8-17-18(6-15(28)7-19(17)30-3)22(20)23(34-25)35-5-4-27(14-35)9-21(27)29;1-26(2)12-36(13-26)24-31-9-16(10-32-24)37-25-33-20-8-17-18(6-15(28)7-19(17)30-3)22(20)23(34-25)35-11-21(29)27(14-35)4-5-27;1-29-19-8-14(27)7-17-16(19)10-20-23(17)24(33-12-26(13-33)5-4-22(26)28)32-25(31-20)36-15-9-21-18(30-11-15)3-2-6-34(21)35;1-27-17-6-13(25)5-16-15(17)7-18-21(16)22(32-10-19(26)24(12-32)3-4-24)31-23(30-18)34-14-8-28-20(11-33-2)29-9-14/h6-7,10-11,21,30H,4-5,8-9,12-14,29H2,1-3H3;6-7,9-10,21,30H,4-5,8,11-14,29H2,1-3H3;2-3,6-9,11,22,29H,4-5,10,12-13,28H2,1H3;5-6,8-9,19,27H,3-4,7,10-12,26H2,1-2H3/t21-,27?;21-;22-;/m101./s1. The predicted molar refractivity (Wildman–Crippen MR) is 536 cm³/mol. The summed E-state index contributed by atoms with van der Waals surface area (Å²) in [4.78, 5) is 82.3. The molecular formula is C104H112F4N30O6. The highest BCUT2D eigenvalue weighted by atomic mass is 19.1. The maximum Gasteiger partial charge on any atom is 0.324 e. The molecule has 12 N–H and O–H groups in total. The van der Waals surface area contributed by atoms with Crippen molar-refractivity contribution in [2.45, 2.75) is 136 Å². The minimum atomic E-state index is -0.313. The molecule has 2 unspecified atom stereocenters. The molecule has 8 aliphatic carbocycles. The fourth-order valence-corrected chi connectivity index (χ4v) is 23.4. The number of benzene rings is 4. The van der Waals surface area contributed by atoms with Crippen LogP contribution in [0.25, 0.3) is 55.5 Å². The second-order valence-electron chi connectivity index (χ2n) is 42.7. The summed E-state index contributed by atoms with van der Waals surface area (Å²) in [6, 6.07) is 18.9. The topological polar surface area (TPSA) is 438 Å². The number of pyridine rings is 2. The molecule has 6 saturated heterocycles. The van der Waals surface area contributed by atoms with E-state index < -0.39 is 0 Å². The van der Waals surface area contributed by atoms with Gasteiger partial charge in [-0.1, -0.05) is 27.7 Å². The van der Waals surface area contributed by atoms with Gasteiger partial charge in [0.2, 0.25) is 17.4 Å². The van der Waals surface area contributed by atoms with E-state index in [1.165, 1.54) is 30.5 Å². The van der Waals surface area contributed by atoms with Gasteiger partial charge in [-0.15, -0.1) is 0 Å². The highest BCUT2D eigenvalue weighted by Crippen LogP contribution is 2.60. The van der Waals surface area contributed by atoms with Crippen molar-refractivity contribution < 1.29 is 46.0 Å². The van der Waals surface area contributed by atoms with E-state index in [4.69, 9.17) is 86.5 Å². The largest absolute Gasteiger partial charge is 0.618 e. The van der Waals surface area contributed by atoms with E-state index in [0.29, 0.717) is 103 Å². The van der Waals surface area contributed by atoms with Crippen LogP contribution in [0.2, 0.25) is 0 Å². The van der Waals surface area contributed by atoms with Crippen molar-refractivity contribution >= 4 is 69.0 Å². The van der Waals surface area contributed by atoms with Gasteiger partial charge in [-0.05, 0) is 161 Å². The first-order valence-corrected chi connectivity index (χ1v) is 49.2. The first-order valence-electron chi connectivity index (χ1n) is 49.2. The summed E-state index contributed by atoms with van der Waals surface area (Å²) in [6.07, 6.45) is 23.7. The number of hydrogen-bond donors (Lipinski definition) is 8. The van der Waals surface area contributed by atoms with E-state index in [1.807, 2.05) is 7.05 Å². The molecule has 0 radical (unpaired) electrons. The van der Waals surface area contributed by atoms with Crippen molar-refractivity contribution in [3.8, 4) is 91.5 Å². The van der Waals surface area contributed by atoms with E-state index in [0.717, 1.165) is 257 Å². The Morgan fingerprint density at radius 2 is 0.750 bits per heavy atom.